The summed E-state index contributed by atoms with van der Waals surface area (Å²) >= 11 is 1.62. The van der Waals surface area contributed by atoms with E-state index in [9.17, 15) is 0 Å². The summed E-state index contributed by atoms with van der Waals surface area (Å²) in [6.07, 6.45) is 10.0. The summed E-state index contributed by atoms with van der Waals surface area (Å²) < 4.78 is 11.8. The number of benzene rings is 1. The van der Waals surface area contributed by atoms with Crippen molar-refractivity contribution < 1.29 is 8.92 Å². The highest BCUT2D eigenvalue weighted by molar-refractivity contribution is 7.95. The van der Waals surface area contributed by atoms with E-state index >= 15 is 0 Å². The van der Waals surface area contributed by atoms with Crippen LogP contribution in [0.25, 0.3) is 0 Å². The number of ether oxygens (including phenoxy) is 1. The molecule has 2 unspecified atom stereocenters. The Balaban J connectivity index is 1.89. The maximum Gasteiger partial charge on any atom is 0.209 e. The van der Waals surface area contributed by atoms with Crippen LogP contribution in [0.3, 0.4) is 0 Å². The molecule has 148 valence electrons. The predicted molar refractivity (Wildman–Crippen MR) is 114 cm³/mol. The van der Waals surface area contributed by atoms with Crippen LogP contribution in [0.15, 0.2) is 24.3 Å². The van der Waals surface area contributed by atoms with E-state index in [1.165, 1.54) is 56.9 Å². The maximum atomic E-state index is 5.97. The molecule has 1 aliphatic carbocycles. The van der Waals surface area contributed by atoms with Gasteiger partial charge in [-0.05, 0) is 67.3 Å². The van der Waals surface area contributed by atoms with Crippen molar-refractivity contribution in [3.05, 3.63) is 29.8 Å². The summed E-state index contributed by atoms with van der Waals surface area (Å²) in [6, 6.07) is 8.70. The molecule has 0 aromatic heterocycles. The molecular weight excluding hydrogens is 340 g/mol. The third kappa shape index (κ3) is 6.49. The van der Waals surface area contributed by atoms with E-state index in [1.54, 1.807) is 12.0 Å². The molecule has 0 spiro atoms. The Kier molecular flexibility index (Phi) is 8.83. The van der Waals surface area contributed by atoms with Gasteiger partial charge in [-0.3, -0.25) is 4.18 Å². The molecule has 2 atom stereocenters. The lowest BCUT2D eigenvalue weighted by Crippen LogP contribution is -2.21. The molecule has 0 radical (unpaired) electrons. The fourth-order valence-electron chi connectivity index (χ4n) is 3.85. The molecule has 0 saturated heterocycles. The van der Waals surface area contributed by atoms with Crippen molar-refractivity contribution >= 4 is 12.0 Å². The van der Waals surface area contributed by atoms with Crippen molar-refractivity contribution in [1.82, 2.24) is 0 Å². The van der Waals surface area contributed by atoms with E-state index in [1.807, 2.05) is 6.92 Å². The lowest BCUT2D eigenvalue weighted by atomic mass is 9.71. The molecule has 1 aromatic carbocycles. The molecule has 3 heteroatoms. The third-order valence-corrected chi connectivity index (χ3v) is 7.02. The summed E-state index contributed by atoms with van der Waals surface area (Å²) in [4.78, 5) is 0. The molecule has 0 heterocycles. The first-order chi connectivity index (χ1) is 12.5. The smallest absolute Gasteiger partial charge is 0.209 e. The van der Waals surface area contributed by atoms with Gasteiger partial charge in [-0.1, -0.05) is 71.9 Å². The minimum Gasteiger partial charge on any atom is -0.464 e. The predicted octanol–water partition coefficient (Wildman–Crippen LogP) is 7.73. The monoisotopic (exact) mass is 378 g/mol. The molecule has 0 aliphatic heterocycles. The highest BCUT2D eigenvalue weighted by atomic mass is 32.2. The highest BCUT2D eigenvalue weighted by Gasteiger charge is 2.28. The molecule has 1 fully saturated rings. The van der Waals surface area contributed by atoms with Crippen LogP contribution < -0.4 is 4.74 Å². The topological polar surface area (TPSA) is 18.5 Å². The molecule has 1 aromatic rings. The van der Waals surface area contributed by atoms with E-state index in [0.717, 1.165) is 5.75 Å². The minimum atomic E-state index is -0.216. The zero-order valence-corrected chi connectivity index (χ0v) is 18.2. The normalized spacial score (nSPS) is 18.5. The van der Waals surface area contributed by atoms with Gasteiger partial charge in [0.25, 0.3) is 0 Å². The molecule has 0 amide bonds. The lowest BCUT2D eigenvalue weighted by Gasteiger charge is -2.34. The number of hydrogen-bond donors (Lipinski definition) is 0. The van der Waals surface area contributed by atoms with Gasteiger partial charge in [-0.15, -0.1) is 0 Å². The zero-order valence-electron chi connectivity index (χ0n) is 17.4. The molecule has 0 N–H and O–H groups in total. The van der Waals surface area contributed by atoms with Crippen molar-refractivity contribution in [2.75, 3.05) is 0 Å². The number of rotatable bonds is 10. The highest BCUT2D eigenvalue weighted by Crippen LogP contribution is 2.41. The quantitative estimate of drug-likeness (QED) is 0.306. The first kappa shape index (κ1) is 21.6. The lowest BCUT2D eigenvalue weighted by molar-refractivity contribution is 0.0394. The van der Waals surface area contributed by atoms with Crippen LogP contribution in [0.2, 0.25) is 0 Å². The van der Waals surface area contributed by atoms with Gasteiger partial charge < -0.3 is 4.74 Å². The average Bonchev–Trinajstić information content (AvgIpc) is 2.66. The molecule has 2 nitrogen and oxygen atoms in total. The van der Waals surface area contributed by atoms with Gasteiger partial charge >= 0.3 is 0 Å². The fourth-order valence-corrected chi connectivity index (χ4v) is 4.73. The SMILES string of the molecule is CCCC(c1ccc(OC(C)OSC2CCCCC2)cc1)C(C)(C)CC. The minimum absolute atomic E-state index is 0.216. The van der Waals surface area contributed by atoms with E-state index in [0.29, 0.717) is 16.6 Å². The summed E-state index contributed by atoms with van der Waals surface area (Å²) in [6.45, 7) is 11.3. The Morgan fingerprint density at radius 3 is 2.31 bits per heavy atom. The van der Waals surface area contributed by atoms with Crippen LogP contribution >= 0.6 is 12.0 Å². The average molecular weight is 379 g/mol. The summed E-state index contributed by atoms with van der Waals surface area (Å²) in [5.41, 5.74) is 1.75. The summed E-state index contributed by atoms with van der Waals surface area (Å²) in [7, 11) is 0. The fraction of sp³-hybridized carbons (Fsp3) is 0.739. The Hall–Kier alpha value is -0.670. The largest absolute Gasteiger partial charge is 0.464 e. The molecule has 1 saturated carbocycles. The van der Waals surface area contributed by atoms with E-state index < -0.39 is 0 Å². The van der Waals surface area contributed by atoms with Crippen LogP contribution in [0.4, 0.5) is 0 Å². The van der Waals surface area contributed by atoms with Gasteiger partial charge in [-0.25, -0.2) is 0 Å². The summed E-state index contributed by atoms with van der Waals surface area (Å²) in [5.74, 6) is 1.50. The molecular formula is C23H38O2S. The van der Waals surface area contributed by atoms with Gasteiger partial charge in [0.1, 0.15) is 5.75 Å². The second-order valence-electron chi connectivity index (χ2n) is 8.39. The first-order valence-electron chi connectivity index (χ1n) is 10.5. The zero-order chi connectivity index (χ0) is 19.0. The second-order valence-corrected chi connectivity index (χ2v) is 9.44. The van der Waals surface area contributed by atoms with Gasteiger partial charge in [0.15, 0.2) is 0 Å². The van der Waals surface area contributed by atoms with Crippen molar-refractivity contribution in [2.24, 2.45) is 5.41 Å². The van der Waals surface area contributed by atoms with Crippen molar-refractivity contribution in [3.8, 4) is 5.75 Å². The molecule has 2 rings (SSSR count). The Bertz CT molecular complexity index is 505. The van der Waals surface area contributed by atoms with Crippen LogP contribution in [-0.4, -0.2) is 11.5 Å². The van der Waals surface area contributed by atoms with Crippen molar-refractivity contribution in [3.63, 3.8) is 0 Å². The first-order valence-corrected chi connectivity index (χ1v) is 11.4. The van der Waals surface area contributed by atoms with Crippen LogP contribution in [0.5, 0.6) is 5.75 Å². The van der Waals surface area contributed by atoms with Crippen molar-refractivity contribution in [2.45, 2.75) is 103 Å². The van der Waals surface area contributed by atoms with E-state index in [2.05, 4.69) is 52.0 Å². The maximum absolute atomic E-state index is 5.97. The van der Waals surface area contributed by atoms with Crippen LogP contribution in [0.1, 0.15) is 97.5 Å². The number of hydrogen-bond acceptors (Lipinski definition) is 3. The summed E-state index contributed by atoms with van der Waals surface area (Å²) in [5, 5.41) is 0.642. The van der Waals surface area contributed by atoms with Gasteiger partial charge in [-0.2, -0.15) is 0 Å². The third-order valence-electron chi connectivity index (χ3n) is 5.90. The van der Waals surface area contributed by atoms with Crippen LogP contribution in [-0.2, 0) is 4.18 Å². The Morgan fingerprint density at radius 1 is 1.08 bits per heavy atom. The molecule has 1 aliphatic rings. The van der Waals surface area contributed by atoms with Crippen molar-refractivity contribution in [1.29, 1.82) is 0 Å². The van der Waals surface area contributed by atoms with Gasteiger partial charge in [0.05, 0.1) is 0 Å². The molecule has 26 heavy (non-hydrogen) atoms. The van der Waals surface area contributed by atoms with E-state index in [-0.39, 0.29) is 6.29 Å². The molecule has 0 bridgehead atoms. The Labute approximate surface area is 165 Å². The Morgan fingerprint density at radius 2 is 1.73 bits per heavy atom. The second kappa shape index (κ2) is 10.6. The van der Waals surface area contributed by atoms with Gasteiger partial charge in [0.2, 0.25) is 6.29 Å². The van der Waals surface area contributed by atoms with Crippen LogP contribution in [0, 0.1) is 5.41 Å². The van der Waals surface area contributed by atoms with E-state index in [4.69, 9.17) is 8.92 Å². The standard InChI is InChI=1S/C23H38O2S/c1-6-11-22(23(4,5)7-2)19-14-16-20(17-15-19)24-18(3)25-26-21-12-9-8-10-13-21/h14-18,21-22H,6-13H2,1-5H3. The van der Waals surface area contributed by atoms with Gasteiger partial charge in [0, 0.05) is 5.25 Å².